The van der Waals surface area contributed by atoms with Crippen LogP contribution in [0.2, 0.25) is 0 Å². The summed E-state index contributed by atoms with van der Waals surface area (Å²) < 4.78 is -0.421. The molecule has 3 heteroatoms. The van der Waals surface area contributed by atoms with Gasteiger partial charge in [0.2, 0.25) is 0 Å². The zero-order chi connectivity index (χ0) is 10.3. The Morgan fingerprint density at radius 2 is 2.15 bits per heavy atom. The second-order valence-corrected chi connectivity index (χ2v) is 6.88. The van der Waals surface area contributed by atoms with E-state index >= 15 is 0 Å². The van der Waals surface area contributed by atoms with Gasteiger partial charge in [-0.2, -0.15) is 0 Å². The summed E-state index contributed by atoms with van der Waals surface area (Å²) in [5, 5.41) is 9.15. The van der Waals surface area contributed by atoms with Crippen molar-refractivity contribution in [3.8, 4) is 0 Å². The molecule has 1 aliphatic rings. The molecule has 2 nitrogen and oxygen atoms in total. The fourth-order valence-electron chi connectivity index (χ4n) is 1.76. The number of aliphatic carboxylic acids is 1. The van der Waals surface area contributed by atoms with Crippen molar-refractivity contribution in [1.29, 1.82) is 0 Å². The molecule has 76 valence electrons. The fourth-order valence-corrected chi connectivity index (χ4v) is 3.56. The lowest BCUT2D eigenvalue weighted by atomic mass is 10.2. The Hall–Kier alpha value is -0.180. The Bertz CT molecular complexity index is 219. The van der Waals surface area contributed by atoms with Crippen molar-refractivity contribution in [1.82, 2.24) is 0 Å². The number of rotatable bonds is 3. The van der Waals surface area contributed by atoms with E-state index in [0.29, 0.717) is 5.92 Å². The molecular weight excluding hydrogens is 184 g/mol. The van der Waals surface area contributed by atoms with Crippen LogP contribution in [0.4, 0.5) is 0 Å². The Kier molecular flexibility index (Phi) is 2.68. The molecule has 0 aromatic carbocycles. The number of hydrogen-bond acceptors (Lipinski definition) is 2. The molecule has 0 aromatic heterocycles. The Morgan fingerprint density at radius 3 is 2.38 bits per heavy atom. The van der Waals surface area contributed by atoms with Crippen molar-refractivity contribution in [2.45, 2.75) is 50.0 Å². The van der Waals surface area contributed by atoms with Gasteiger partial charge in [0, 0.05) is 4.75 Å². The zero-order valence-corrected chi connectivity index (χ0v) is 9.57. The predicted octanol–water partition coefficient (Wildman–Crippen LogP) is 2.77. The monoisotopic (exact) mass is 202 g/mol. The topological polar surface area (TPSA) is 37.3 Å². The van der Waals surface area contributed by atoms with Crippen LogP contribution in [0.25, 0.3) is 0 Å². The molecular formula is C10H18O2S. The highest BCUT2D eigenvalue weighted by atomic mass is 32.2. The van der Waals surface area contributed by atoms with Crippen molar-refractivity contribution >= 4 is 17.7 Å². The maximum Gasteiger partial charge on any atom is 0.320 e. The first-order chi connectivity index (χ1) is 5.82. The van der Waals surface area contributed by atoms with Crippen molar-refractivity contribution in [2.24, 2.45) is 5.92 Å². The summed E-state index contributed by atoms with van der Waals surface area (Å²) in [6.07, 6.45) is 1.83. The number of hydrogen-bond donors (Lipinski definition) is 1. The van der Waals surface area contributed by atoms with Crippen LogP contribution >= 0.6 is 11.8 Å². The van der Waals surface area contributed by atoms with E-state index in [0.717, 1.165) is 12.8 Å². The van der Waals surface area contributed by atoms with Crippen LogP contribution in [0, 0.1) is 5.92 Å². The van der Waals surface area contributed by atoms with Gasteiger partial charge >= 0.3 is 5.97 Å². The molecule has 1 saturated carbocycles. The molecule has 0 spiro atoms. The van der Waals surface area contributed by atoms with Gasteiger partial charge in [-0.3, -0.25) is 4.79 Å². The van der Waals surface area contributed by atoms with Gasteiger partial charge in [0.1, 0.15) is 4.75 Å². The van der Waals surface area contributed by atoms with Crippen LogP contribution in [0.5, 0.6) is 0 Å². The molecule has 1 N–H and O–H groups in total. The highest BCUT2D eigenvalue weighted by molar-refractivity contribution is 8.03. The maximum absolute atomic E-state index is 11.1. The van der Waals surface area contributed by atoms with Crippen LogP contribution in [-0.2, 0) is 4.79 Å². The first-order valence-electron chi connectivity index (χ1n) is 4.75. The third-order valence-electron chi connectivity index (χ3n) is 2.39. The minimum atomic E-state index is -0.626. The highest BCUT2D eigenvalue weighted by Crippen LogP contribution is 2.59. The first kappa shape index (κ1) is 10.9. The smallest absolute Gasteiger partial charge is 0.320 e. The molecule has 0 aliphatic heterocycles. The molecule has 0 amide bonds. The Morgan fingerprint density at radius 1 is 1.62 bits per heavy atom. The largest absolute Gasteiger partial charge is 0.480 e. The predicted molar refractivity (Wildman–Crippen MR) is 56.1 cm³/mol. The third kappa shape index (κ3) is 2.19. The van der Waals surface area contributed by atoms with E-state index in [9.17, 15) is 4.79 Å². The van der Waals surface area contributed by atoms with Gasteiger partial charge in [0.25, 0.3) is 0 Å². The summed E-state index contributed by atoms with van der Waals surface area (Å²) >= 11 is 1.61. The lowest BCUT2D eigenvalue weighted by Crippen LogP contribution is -2.27. The molecule has 1 fully saturated rings. The minimum Gasteiger partial charge on any atom is -0.480 e. The van der Waals surface area contributed by atoms with Crippen LogP contribution in [0.3, 0.4) is 0 Å². The molecule has 0 radical (unpaired) electrons. The van der Waals surface area contributed by atoms with Crippen LogP contribution in [-0.4, -0.2) is 20.6 Å². The van der Waals surface area contributed by atoms with Gasteiger partial charge in [0.15, 0.2) is 0 Å². The van der Waals surface area contributed by atoms with Gasteiger partial charge in [-0.15, -0.1) is 11.8 Å². The fraction of sp³-hybridized carbons (Fsp3) is 0.900. The van der Waals surface area contributed by atoms with Crippen LogP contribution in [0.15, 0.2) is 0 Å². The number of carboxylic acid groups (broad SMARTS) is 1. The van der Waals surface area contributed by atoms with Gasteiger partial charge in [0.05, 0.1) is 0 Å². The van der Waals surface area contributed by atoms with Crippen molar-refractivity contribution in [2.75, 3.05) is 0 Å². The maximum atomic E-state index is 11.1. The summed E-state index contributed by atoms with van der Waals surface area (Å²) in [6, 6.07) is 0. The summed E-state index contributed by atoms with van der Waals surface area (Å²) in [5.41, 5.74) is 0. The second kappa shape index (κ2) is 3.19. The van der Waals surface area contributed by atoms with Crippen molar-refractivity contribution in [3.05, 3.63) is 0 Å². The molecule has 0 saturated heterocycles. The Labute approximate surface area is 84.1 Å². The second-order valence-electron chi connectivity index (χ2n) is 4.72. The average Bonchev–Trinajstić information content (AvgIpc) is 2.60. The molecule has 0 heterocycles. The van der Waals surface area contributed by atoms with E-state index in [1.165, 1.54) is 0 Å². The van der Waals surface area contributed by atoms with Gasteiger partial charge in [-0.05, 0) is 12.3 Å². The third-order valence-corrected chi connectivity index (χ3v) is 4.04. The molecule has 0 aromatic rings. The SMILES string of the molecule is CCC1CC1(SC(C)(C)C)C(=O)O. The van der Waals surface area contributed by atoms with E-state index in [2.05, 4.69) is 27.7 Å². The van der Waals surface area contributed by atoms with Crippen LogP contribution < -0.4 is 0 Å². The number of carbonyl (C=O) groups is 1. The molecule has 2 atom stereocenters. The van der Waals surface area contributed by atoms with Gasteiger partial charge < -0.3 is 5.11 Å². The lowest BCUT2D eigenvalue weighted by molar-refractivity contribution is -0.137. The summed E-state index contributed by atoms with van der Waals surface area (Å²) in [5.74, 6) is -0.242. The standard InChI is InChI=1S/C10H18O2S/c1-5-7-6-10(7,8(11)12)13-9(2,3)4/h7H,5-6H2,1-4H3,(H,11,12). The molecule has 1 aliphatic carbocycles. The molecule has 1 rings (SSSR count). The summed E-state index contributed by atoms with van der Waals surface area (Å²) in [7, 11) is 0. The average molecular weight is 202 g/mol. The van der Waals surface area contributed by atoms with Gasteiger partial charge in [-0.1, -0.05) is 34.1 Å². The molecule has 13 heavy (non-hydrogen) atoms. The normalized spacial score (nSPS) is 33.1. The van der Waals surface area contributed by atoms with Crippen molar-refractivity contribution in [3.63, 3.8) is 0 Å². The summed E-state index contributed by atoms with van der Waals surface area (Å²) in [6.45, 7) is 8.30. The van der Waals surface area contributed by atoms with Gasteiger partial charge in [-0.25, -0.2) is 0 Å². The lowest BCUT2D eigenvalue weighted by Gasteiger charge is -2.23. The van der Waals surface area contributed by atoms with E-state index in [1.54, 1.807) is 11.8 Å². The van der Waals surface area contributed by atoms with Crippen LogP contribution in [0.1, 0.15) is 40.5 Å². The van der Waals surface area contributed by atoms with Crippen molar-refractivity contribution < 1.29 is 9.90 Å². The minimum absolute atomic E-state index is 0.0440. The highest BCUT2D eigenvalue weighted by Gasteiger charge is 2.61. The zero-order valence-electron chi connectivity index (χ0n) is 8.76. The van der Waals surface area contributed by atoms with E-state index in [1.807, 2.05) is 0 Å². The quantitative estimate of drug-likeness (QED) is 0.764. The molecule has 2 unspecified atom stereocenters. The van der Waals surface area contributed by atoms with E-state index in [-0.39, 0.29) is 4.75 Å². The number of thioether (sulfide) groups is 1. The first-order valence-corrected chi connectivity index (χ1v) is 5.57. The molecule has 0 bridgehead atoms. The van der Waals surface area contributed by atoms with E-state index in [4.69, 9.17) is 5.11 Å². The Balaban J connectivity index is 2.68. The summed E-state index contributed by atoms with van der Waals surface area (Å²) in [4.78, 5) is 11.1. The van der Waals surface area contributed by atoms with E-state index < -0.39 is 10.7 Å². The number of carboxylic acids is 1.